The molecule has 0 bridgehead atoms. The van der Waals surface area contributed by atoms with Gasteiger partial charge < -0.3 is 10.0 Å². The second-order valence-corrected chi connectivity index (χ2v) is 7.52. The Kier molecular flexibility index (Phi) is 3.81. The molecule has 0 unspecified atom stereocenters. The zero-order chi connectivity index (χ0) is 13.4. The predicted molar refractivity (Wildman–Crippen MR) is 76.2 cm³/mol. The zero-order valence-electron chi connectivity index (χ0n) is 11.9. The van der Waals surface area contributed by atoms with Crippen molar-refractivity contribution in [1.82, 2.24) is 9.88 Å². The molecule has 1 aromatic heterocycles. The van der Waals surface area contributed by atoms with Crippen molar-refractivity contribution in [3.63, 3.8) is 0 Å². The van der Waals surface area contributed by atoms with Crippen LogP contribution in [0.15, 0.2) is 5.38 Å². The fraction of sp³-hybridized carbons (Fsp3) is 0.786. The first-order valence-electron chi connectivity index (χ1n) is 6.64. The van der Waals surface area contributed by atoms with Gasteiger partial charge in [-0.1, -0.05) is 20.8 Å². The number of aliphatic hydroxyl groups is 1. The van der Waals surface area contributed by atoms with Crippen LogP contribution in [0.3, 0.4) is 0 Å². The van der Waals surface area contributed by atoms with E-state index in [9.17, 15) is 5.11 Å². The Morgan fingerprint density at radius 3 is 2.50 bits per heavy atom. The molecule has 0 amide bonds. The topological polar surface area (TPSA) is 36.4 Å². The number of rotatable bonds is 2. The number of piperidine rings is 1. The Morgan fingerprint density at radius 1 is 1.39 bits per heavy atom. The molecule has 1 saturated heterocycles. The van der Waals surface area contributed by atoms with Crippen molar-refractivity contribution < 1.29 is 5.11 Å². The second-order valence-electron chi connectivity index (χ2n) is 6.58. The molecule has 1 aromatic rings. The van der Waals surface area contributed by atoms with Crippen LogP contribution in [-0.4, -0.2) is 40.7 Å². The van der Waals surface area contributed by atoms with E-state index >= 15 is 0 Å². The SMILES string of the molecule is CN1CCC(O)(Cc2nc(C(C)(C)C)cs2)CC1. The molecule has 2 heterocycles. The fourth-order valence-corrected chi connectivity index (χ4v) is 3.39. The van der Waals surface area contributed by atoms with Crippen molar-refractivity contribution >= 4 is 11.3 Å². The molecule has 1 aliphatic rings. The number of hydrogen-bond donors (Lipinski definition) is 1. The summed E-state index contributed by atoms with van der Waals surface area (Å²) in [6.07, 6.45) is 2.42. The summed E-state index contributed by atoms with van der Waals surface area (Å²) in [4.78, 5) is 6.96. The van der Waals surface area contributed by atoms with Crippen LogP contribution >= 0.6 is 11.3 Å². The van der Waals surface area contributed by atoms with Gasteiger partial charge in [0.1, 0.15) is 0 Å². The molecule has 0 radical (unpaired) electrons. The van der Waals surface area contributed by atoms with E-state index in [4.69, 9.17) is 0 Å². The Labute approximate surface area is 114 Å². The van der Waals surface area contributed by atoms with Crippen molar-refractivity contribution in [2.75, 3.05) is 20.1 Å². The molecule has 0 aliphatic carbocycles. The van der Waals surface area contributed by atoms with E-state index in [-0.39, 0.29) is 5.41 Å². The van der Waals surface area contributed by atoms with Gasteiger partial charge in [-0.25, -0.2) is 4.98 Å². The van der Waals surface area contributed by atoms with Crippen molar-refractivity contribution in [2.45, 2.75) is 51.0 Å². The third-order valence-corrected chi connectivity index (χ3v) is 4.57. The van der Waals surface area contributed by atoms with Gasteiger partial charge in [-0.15, -0.1) is 11.3 Å². The van der Waals surface area contributed by atoms with Crippen LogP contribution in [0.25, 0.3) is 0 Å². The molecule has 3 nitrogen and oxygen atoms in total. The molecule has 4 heteroatoms. The maximum absolute atomic E-state index is 10.6. The highest BCUT2D eigenvalue weighted by atomic mass is 32.1. The summed E-state index contributed by atoms with van der Waals surface area (Å²) in [6, 6.07) is 0. The summed E-state index contributed by atoms with van der Waals surface area (Å²) >= 11 is 1.68. The lowest BCUT2D eigenvalue weighted by molar-refractivity contribution is -0.0150. The van der Waals surface area contributed by atoms with Crippen molar-refractivity contribution in [1.29, 1.82) is 0 Å². The normalized spacial score (nSPS) is 21.2. The van der Waals surface area contributed by atoms with Crippen molar-refractivity contribution in [3.05, 3.63) is 16.1 Å². The number of thiazole rings is 1. The monoisotopic (exact) mass is 268 g/mol. The maximum atomic E-state index is 10.6. The van der Waals surface area contributed by atoms with Crippen LogP contribution in [0.1, 0.15) is 44.3 Å². The minimum absolute atomic E-state index is 0.101. The second kappa shape index (κ2) is 4.91. The minimum Gasteiger partial charge on any atom is -0.389 e. The Bertz CT molecular complexity index is 400. The molecular weight excluding hydrogens is 244 g/mol. The fourth-order valence-electron chi connectivity index (χ4n) is 2.23. The summed E-state index contributed by atoms with van der Waals surface area (Å²) < 4.78 is 0. The van der Waals surface area contributed by atoms with Gasteiger partial charge in [0.05, 0.1) is 16.3 Å². The van der Waals surface area contributed by atoms with Gasteiger partial charge in [0, 0.05) is 30.3 Å². The first kappa shape index (κ1) is 14.0. The molecule has 18 heavy (non-hydrogen) atoms. The highest BCUT2D eigenvalue weighted by Crippen LogP contribution is 2.29. The molecule has 1 aliphatic heterocycles. The summed E-state index contributed by atoms with van der Waals surface area (Å²) in [5, 5.41) is 13.8. The van der Waals surface area contributed by atoms with Crippen LogP contribution in [0, 0.1) is 0 Å². The van der Waals surface area contributed by atoms with Gasteiger partial charge in [0.25, 0.3) is 0 Å². The lowest BCUT2D eigenvalue weighted by Gasteiger charge is -2.36. The number of likely N-dealkylation sites (tertiary alicyclic amines) is 1. The average Bonchev–Trinajstić information content (AvgIpc) is 2.71. The summed E-state index contributed by atoms with van der Waals surface area (Å²) in [6.45, 7) is 8.49. The van der Waals surface area contributed by atoms with Gasteiger partial charge in [-0.05, 0) is 19.9 Å². The predicted octanol–water partition coefficient (Wildman–Crippen LogP) is 2.44. The summed E-state index contributed by atoms with van der Waals surface area (Å²) in [5.74, 6) is 0. The summed E-state index contributed by atoms with van der Waals surface area (Å²) in [7, 11) is 2.11. The molecule has 0 spiro atoms. The maximum Gasteiger partial charge on any atom is 0.0957 e. The molecule has 2 rings (SSSR count). The van der Waals surface area contributed by atoms with Gasteiger partial charge >= 0.3 is 0 Å². The highest BCUT2D eigenvalue weighted by molar-refractivity contribution is 7.09. The van der Waals surface area contributed by atoms with E-state index in [0.717, 1.165) is 36.6 Å². The van der Waals surface area contributed by atoms with E-state index in [1.165, 1.54) is 0 Å². The summed E-state index contributed by atoms with van der Waals surface area (Å²) in [5.41, 5.74) is 0.697. The van der Waals surface area contributed by atoms with Gasteiger partial charge in [-0.3, -0.25) is 0 Å². The van der Waals surface area contributed by atoms with E-state index < -0.39 is 5.60 Å². The molecule has 0 aromatic carbocycles. The van der Waals surface area contributed by atoms with Crippen LogP contribution in [0.4, 0.5) is 0 Å². The third-order valence-electron chi connectivity index (χ3n) is 3.72. The van der Waals surface area contributed by atoms with Crippen LogP contribution in [0.5, 0.6) is 0 Å². The molecule has 0 atom stereocenters. The number of aromatic nitrogens is 1. The van der Waals surface area contributed by atoms with Crippen molar-refractivity contribution in [3.8, 4) is 0 Å². The van der Waals surface area contributed by atoms with E-state index in [2.05, 4.69) is 43.1 Å². The molecule has 102 valence electrons. The minimum atomic E-state index is -0.542. The van der Waals surface area contributed by atoms with Gasteiger partial charge in [-0.2, -0.15) is 0 Å². The molecule has 1 fully saturated rings. The quantitative estimate of drug-likeness (QED) is 0.895. The van der Waals surface area contributed by atoms with Gasteiger partial charge in [0.15, 0.2) is 0 Å². The highest BCUT2D eigenvalue weighted by Gasteiger charge is 2.32. The van der Waals surface area contributed by atoms with Crippen LogP contribution in [0.2, 0.25) is 0 Å². The molecule has 1 N–H and O–H groups in total. The van der Waals surface area contributed by atoms with Crippen LogP contribution in [-0.2, 0) is 11.8 Å². The molecular formula is C14H24N2OS. The first-order valence-corrected chi connectivity index (χ1v) is 7.52. The van der Waals surface area contributed by atoms with Crippen molar-refractivity contribution in [2.24, 2.45) is 0 Å². The Hall–Kier alpha value is -0.450. The average molecular weight is 268 g/mol. The lowest BCUT2D eigenvalue weighted by atomic mass is 9.88. The van der Waals surface area contributed by atoms with E-state index in [0.29, 0.717) is 6.42 Å². The standard InChI is InChI=1S/C14H24N2OS/c1-13(2,3)11-10-18-12(15-11)9-14(17)5-7-16(4)8-6-14/h10,17H,5-9H2,1-4H3. The lowest BCUT2D eigenvalue weighted by Crippen LogP contribution is -2.44. The number of hydrogen-bond acceptors (Lipinski definition) is 4. The third kappa shape index (κ3) is 3.31. The smallest absolute Gasteiger partial charge is 0.0957 e. The molecule has 0 saturated carbocycles. The van der Waals surface area contributed by atoms with E-state index in [1.807, 2.05) is 0 Å². The zero-order valence-corrected chi connectivity index (χ0v) is 12.7. The Balaban J connectivity index is 2.03. The Morgan fingerprint density at radius 2 is 2.00 bits per heavy atom. The first-order chi connectivity index (χ1) is 8.28. The largest absolute Gasteiger partial charge is 0.389 e. The van der Waals surface area contributed by atoms with Gasteiger partial charge in [0.2, 0.25) is 0 Å². The van der Waals surface area contributed by atoms with Crippen LogP contribution < -0.4 is 0 Å². The number of nitrogens with zero attached hydrogens (tertiary/aromatic N) is 2. The van der Waals surface area contributed by atoms with E-state index in [1.54, 1.807) is 11.3 Å².